The number of sulfonamides is 1. The monoisotopic (exact) mass is 640 g/mol. The lowest BCUT2D eigenvalue weighted by molar-refractivity contribution is -0.0440. The van der Waals surface area contributed by atoms with E-state index in [4.69, 9.17) is 13.9 Å². The van der Waals surface area contributed by atoms with Gasteiger partial charge in [-0.25, -0.2) is 8.42 Å². The largest absolute Gasteiger partial charge is 0.496 e. The van der Waals surface area contributed by atoms with Crippen molar-refractivity contribution in [1.29, 1.82) is 0 Å². The number of hydrogen-bond acceptors (Lipinski definition) is 8. The minimum atomic E-state index is -3.82. The van der Waals surface area contributed by atoms with Gasteiger partial charge in [0.2, 0.25) is 15.8 Å². The summed E-state index contributed by atoms with van der Waals surface area (Å²) in [5.41, 5.74) is 1.47. The van der Waals surface area contributed by atoms with Gasteiger partial charge in [-0.1, -0.05) is 24.3 Å². The van der Waals surface area contributed by atoms with E-state index in [-0.39, 0.29) is 59.6 Å². The van der Waals surface area contributed by atoms with Gasteiger partial charge in [0.05, 0.1) is 40.9 Å². The first-order valence-electron chi connectivity index (χ1n) is 13.0. The van der Waals surface area contributed by atoms with Crippen molar-refractivity contribution in [3.8, 4) is 5.75 Å². The van der Waals surface area contributed by atoms with Gasteiger partial charge in [0.1, 0.15) is 11.3 Å². The Morgan fingerprint density at radius 1 is 1.00 bits per heavy atom. The number of nitrogens with one attached hydrogen (secondary N) is 1. The summed E-state index contributed by atoms with van der Waals surface area (Å²) in [5, 5.41) is 3.72. The molecule has 0 amide bonds. The first-order chi connectivity index (χ1) is 19.6. The Kier molecular flexibility index (Phi) is 8.32. The summed E-state index contributed by atoms with van der Waals surface area (Å²) in [4.78, 5) is 26.8. The molecule has 1 saturated heterocycles. The lowest BCUT2D eigenvalue weighted by atomic mass is 10.1. The number of ketones is 2. The van der Waals surface area contributed by atoms with E-state index in [0.717, 1.165) is 0 Å². The Morgan fingerprint density at radius 3 is 2.44 bits per heavy atom. The highest BCUT2D eigenvalue weighted by molar-refractivity contribution is 9.10. The van der Waals surface area contributed by atoms with Crippen LogP contribution in [0.25, 0.3) is 11.0 Å². The molecular weight excluding hydrogens is 612 g/mol. The topological polar surface area (TPSA) is 115 Å². The van der Waals surface area contributed by atoms with Crippen LogP contribution in [0.5, 0.6) is 5.75 Å². The number of benzene rings is 3. The number of carbonyl (C=O) groups is 2. The third kappa shape index (κ3) is 5.94. The summed E-state index contributed by atoms with van der Waals surface area (Å²) < 4.78 is 45.6. The van der Waals surface area contributed by atoms with Crippen LogP contribution in [0, 0.1) is 0 Å². The number of furan rings is 1. The summed E-state index contributed by atoms with van der Waals surface area (Å²) in [6.45, 7) is 3.94. The molecule has 5 rings (SSSR count). The van der Waals surface area contributed by atoms with Crippen molar-refractivity contribution >= 4 is 54.2 Å². The van der Waals surface area contributed by atoms with Crippen LogP contribution in [0.1, 0.15) is 40.3 Å². The van der Waals surface area contributed by atoms with Crippen molar-refractivity contribution in [2.45, 2.75) is 31.0 Å². The molecule has 214 valence electrons. The zero-order valence-corrected chi connectivity index (χ0v) is 25.1. The molecule has 11 heteroatoms. The molecule has 0 saturated carbocycles. The number of hydrogen-bond donors (Lipinski definition) is 1. The SMILES string of the molecule is COc1ccc(C(=O)c2oc3ccccc3c2NCC(=O)c2cccc(S(=O)(=O)N3CC(C)OC(C)C3)c2)cc1Br. The quantitative estimate of drug-likeness (QED) is 0.238. The highest BCUT2D eigenvalue weighted by Crippen LogP contribution is 2.34. The van der Waals surface area contributed by atoms with Crippen molar-refractivity contribution in [2.24, 2.45) is 0 Å². The molecule has 1 N–H and O–H groups in total. The molecule has 0 spiro atoms. The lowest BCUT2D eigenvalue weighted by Crippen LogP contribution is -2.48. The predicted octanol–water partition coefficient (Wildman–Crippen LogP) is 5.53. The van der Waals surface area contributed by atoms with Crippen molar-refractivity contribution in [3.05, 3.63) is 88.1 Å². The Balaban J connectivity index is 1.40. The van der Waals surface area contributed by atoms with Crippen LogP contribution in [0.2, 0.25) is 0 Å². The molecule has 0 bridgehead atoms. The molecule has 41 heavy (non-hydrogen) atoms. The van der Waals surface area contributed by atoms with Crippen molar-refractivity contribution in [3.63, 3.8) is 0 Å². The molecule has 1 aliphatic heterocycles. The second-order valence-corrected chi connectivity index (χ2v) is 12.7. The lowest BCUT2D eigenvalue weighted by Gasteiger charge is -2.34. The zero-order valence-electron chi connectivity index (χ0n) is 22.7. The number of para-hydroxylation sites is 1. The minimum Gasteiger partial charge on any atom is -0.496 e. The molecule has 1 aromatic heterocycles. The van der Waals surface area contributed by atoms with Crippen LogP contribution < -0.4 is 10.1 Å². The van der Waals surface area contributed by atoms with Crippen LogP contribution in [-0.4, -0.2) is 63.2 Å². The first-order valence-corrected chi connectivity index (χ1v) is 15.2. The molecular formula is C30H29BrN2O7S. The van der Waals surface area contributed by atoms with E-state index in [1.807, 2.05) is 19.9 Å². The smallest absolute Gasteiger partial charge is 0.243 e. The van der Waals surface area contributed by atoms with Crippen LogP contribution in [-0.2, 0) is 14.8 Å². The number of fused-ring (bicyclic) bond motifs is 1. The number of nitrogens with zero attached hydrogens (tertiary/aromatic N) is 1. The standard InChI is InChI=1S/C30H29BrN2O7S/c1-18-16-33(17-19(2)39-18)41(36,37)22-8-6-7-20(13-22)25(34)15-32-28-23-9-4-5-10-26(23)40-30(28)29(35)21-11-12-27(38-3)24(31)14-21/h4-14,18-19,32H,15-17H2,1-3H3. The molecule has 2 unspecified atom stereocenters. The van der Waals surface area contributed by atoms with Gasteiger partial charge in [0.15, 0.2) is 11.5 Å². The number of Topliss-reactive ketones (excluding diaryl/α,β-unsaturated/α-hetero) is 1. The van der Waals surface area contributed by atoms with E-state index in [9.17, 15) is 18.0 Å². The Labute approximate surface area is 246 Å². The van der Waals surface area contributed by atoms with E-state index in [0.29, 0.717) is 32.4 Å². The summed E-state index contributed by atoms with van der Waals surface area (Å²) in [6.07, 6.45) is -0.466. The van der Waals surface area contributed by atoms with Crippen molar-refractivity contribution in [1.82, 2.24) is 4.31 Å². The predicted molar refractivity (Wildman–Crippen MR) is 158 cm³/mol. The maximum Gasteiger partial charge on any atom is 0.243 e. The average molecular weight is 642 g/mol. The van der Waals surface area contributed by atoms with Gasteiger partial charge in [-0.2, -0.15) is 4.31 Å². The van der Waals surface area contributed by atoms with Gasteiger partial charge in [-0.05, 0) is 72.2 Å². The number of ether oxygens (including phenoxy) is 2. The molecule has 0 aliphatic carbocycles. The third-order valence-corrected chi connectivity index (χ3v) is 9.27. The summed E-state index contributed by atoms with van der Waals surface area (Å²) in [5.74, 6) is -0.0804. The van der Waals surface area contributed by atoms with E-state index in [2.05, 4.69) is 21.2 Å². The van der Waals surface area contributed by atoms with Gasteiger partial charge in [-0.3, -0.25) is 9.59 Å². The number of anilines is 1. The number of rotatable bonds is 9. The van der Waals surface area contributed by atoms with E-state index in [1.54, 1.807) is 48.5 Å². The second-order valence-electron chi connectivity index (χ2n) is 9.86. The van der Waals surface area contributed by atoms with Gasteiger partial charge in [-0.15, -0.1) is 0 Å². The summed E-state index contributed by atoms with van der Waals surface area (Å²) >= 11 is 3.41. The number of methoxy groups -OCH3 is 1. The third-order valence-electron chi connectivity index (χ3n) is 6.82. The molecule has 3 aromatic carbocycles. The molecule has 1 fully saturated rings. The fourth-order valence-electron chi connectivity index (χ4n) is 4.90. The highest BCUT2D eigenvalue weighted by Gasteiger charge is 2.32. The normalized spacial score (nSPS) is 17.9. The Morgan fingerprint density at radius 2 is 1.73 bits per heavy atom. The van der Waals surface area contributed by atoms with Gasteiger partial charge < -0.3 is 19.2 Å². The highest BCUT2D eigenvalue weighted by atomic mass is 79.9. The zero-order chi connectivity index (χ0) is 29.3. The fourth-order valence-corrected chi connectivity index (χ4v) is 7.07. The van der Waals surface area contributed by atoms with Crippen molar-refractivity contribution < 1.29 is 31.9 Å². The van der Waals surface area contributed by atoms with E-state index in [1.165, 1.54) is 23.5 Å². The minimum absolute atomic E-state index is 0.0411. The van der Waals surface area contributed by atoms with Crippen LogP contribution in [0.4, 0.5) is 5.69 Å². The Bertz CT molecular complexity index is 1720. The number of carbonyl (C=O) groups excluding carboxylic acids is 2. The molecule has 9 nitrogen and oxygen atoms in total. The fraction of sp³-hybridized carbons (Fsp3) is 0.267. The van der Waals surface area contributed by atoms with Crippen LogP contribution in [0.3, 0.4) is 0 Å². The van der Waals surface area contributed by atoms with Crippen LogP contribution in [0.15, 0.2) is 80.5 Å². The van der Waals surface area contributed by atoms with Gasteiger partial charge >= 0.3 is 0 Å². The maximum atomic E-state index is 13.5. The maximum absolute atomic E-state index is 13.5. The Hall–Kier alpha value is -3.51. The second kappa shape index (κ2) is 11.8. The average Bonchev–Trinajstić information content (AvgIpc) is 3.33. The molecule has 0 radical (unpaired) electrons. The number of morpholine rings is 1. The summed E-state index contributed by atoms with van der Waals surface area (Å²) in [7, 11) is -2.28. The van der Waals surface area contributed by atoms with Crippen molar-refractivity contribution in [2.75, 3.05) is 32.1 Å². The van der Waals surface area contributed by atoms with E-state index < -0.39 is 10.0 Å². The molecule has 2 heterocycles. The molecule has 1 aliphatic rings. The summed E-state index contributed by atoms with van der Waals surface area (Å²) in [6, 6.07) is 18.1. The van der Waals surface area contributed by atoms with Gasteiger partial charge in [0, 0.05) is 29.6 Å². The molecule has 2 atom stereocenters. The van der Waals surface area contributed by atoms with Crippen LogP contribution >= 0.6 is 15.9 Å². The van der Waals surface area contributed by atoms with Gasteiger partial charge in [0.25, 0.3) is 0 Å². The van der Waals surface area contributed by atoms with E-state index >= 15 is 0 Å². The first kappa shape index (κ1) is 29.0. The molecule has 4 aromatic rings. The number of halogens is 1.